The third-order valence-corrected chi connectivity index (χ3v) is 4.15. The number of rotatable bonds is 5. The van der Waals surface area contributed by atoms with E-state index in [1.165, 1.54) is 10.9 Å². The second-order valence-corrected chi connectivity index (χ2v) is 5.74. The van der Waals surface area contributed by atoms with Gasteiger partial charge in [-0.15, -0.1) is 11.3 Å². The van der Waals surface area contributed by atoms with E-state index in [4.69, 9.17) is 5.11 Å². The molecule has 1 aliphatic carbocycles. The monoisotopic (exact) mass is 278 g/mol. The number of pyridine rings is 1. The van der Waals surface area contributed by atoms with Crippen molar-refractivity contribution in [2.24, 2.45) is 0 Å². The van der Waals surface area contributed by atoms with E-state index in [0.717, 1.165) is 12.8 Å². The lowest BCUT2D eigenvalue weighted by molar-refractivity contribution is 0.275. The Morgan fingerprint density at radius 1 is 1.42 bits per heavy atom. The van der Waals surface area contributed by atoms with Gasteiger partial charge >= 0.3 is 0 Å². The molecule has 0 aliphatic heterocycles. The third-order valence-electron chi connectivity index (χ3n) is 3.29. The van der Waals surface area contributed by atoms with Crippen LogP contribution in [0.5, 0.6) is 0 Å². The zero-order valence-corrected chi connectivity index (χ0v) is 11.2. The summed E-state index contributed by atoms with van der Waals surface area (Å²) in [5, 5.41) is 11.2. The Hall–Kier alpha value is -1.46. The number of aliphatic hydroxyl groups excluding tert-OH is 1. The predicted molar refractivity (Wildman–Crippen MR) is 73.6 cm³/mol. The number of thiophene rings is 1. The summed E-state index contributed by atoms with van der Waals surface area (Å²) in [6.45, 7) is 0.389. The molecule has 0 aromatic carbocycles. The molecule has 100 valence electrons. The number of nitrogens with zero attached hydrogens (tertiary/aromatic N) is 2. The van der Waals surface area contributed by atoms with Gasteiger partial charge < -0.3 is 10.0 Å². The van der Waals surface area contributed by atoms with Gasteiger partial charge in [-0.25, -0.2) is 9.37 Å². The first kappa shape index (κ1) is 12.6. The first-order chi connectivity index (χ1) is 9.29. The molecule has 0 saturated heterocycles. The van der Waals surface area contributed by atoms with Gasteiger partial charge in [0.25, 0.3) is 0 Å². The van der Waals surface area contributed by atoms with Crippen LogP contribution in [-0.4, -0.2) is 16.1 Å². The molecule has 19 heavy (non-hydrogen) atoms. The molecule has 0 amide bonds. The number of aromatic nitrogens is 1. The fourth-order valence-electron chi connectivity index (χ4n) is 2.13. The van der Waals surface area contributed by atoms with Gasteiger partial charge in [0.2, 0.25) is 0 Å². The summed E-state index contributed by atoms with van der Waals surface area (Å²) in [7, 11) is 0. The van der Waals surface area contributed by atoms with Crippen molar-refractivity contribution in [1.29, 1.82) is 0 Å². The lowest BCUT2D eigenvalue weighted by Crippen LogP contribution is -2.27. The highest BCUT2D eigenvalue weighted by Crippen LogP contribution is 2.34. The van der Waals surface area contributed by atoms with Crippen LogP contribution in [0.25, 0.3) is 0 Å². The molecule has 5 heteroatoms. The van der Waals surface area contributed by atoms with Crippen LogP contribution in [0.15, 0.2) is 29.8 Å². The minimum Gasteiger partial charge on any atom is -0.392 e. The molecule has 2 aromatic heterocycles. The Labute approximate surface area is 115 Å². The van der Waals surface area contributed by atoms with E-state index >= 15 is 0 Å². The molecule has 0 spiro atoms. The highest BCUT2D eigenvalue weighted by atomic mass is 32.1. The second-order valence-electron chi connectivity index (χ2n) is 4.70. The van der Waals surface area contributed by atoms with Crippen LogP contribution in [0.4, 0.5) is 10.2 Å². The number of halogens is 1. The third kappa shape index (κ3) is 2.62. The topological polar surface area (TPSA) is 36.4 Å². The van der Waals surface area contributed by atoms with Crippen molar-refractivity contribution in [3.63, 3.8) is 0 Å². The van der Waals surface area contributed by atoms with Crippen LogP contribution in [0.2, 0.25) is 0 Å². The standard InChI is InChI=1S/C14H15FN2OS/c15-13-10(9-18)5-6-16-14(13)17(11-3-4-11)8-12-2-1-7-19-12/h1-2,5-7,11,18H,3-4,8-9H2. The maximum atomic E-state index is 14.3. The van der Waals surface area contributed by atoms with E-state index in [-0.39, 0.29) is 6.61 Å². The van der Waals surface area contributed by atoms with Crippen LogP contribution in [-0.2, 0) is 13.2 Å². The molecule has 2 aromatic rings. The van der Waals surface area contributed by atoms with Crippen LogP contribution < -0.4 is 4.90 Å². The Morgan fingerprint density at radius 3 is 2.89 bits per heavy atom. The molecule has 0 unspecified atom stereocenters. The molecule has 2 heterocycles. The summed E-state index contributed by atoms with van der Waals surface area (Å²) in [5.74, 6) is -0.0316. The highest BCUT2D eigenvalue weighted by Gasteiger charge is 2.32. The lowest BCUT2D eigenvalue weighted by Gasteiger charge is -2.23. The Kier molecular flexibility index (Phi) is 3.48. The van der Waals surface area contributed by atoms with Gasteiger partial charge in [0, 0.05) is 22.7 Å². The maximum Gasteiger partial charge on any atom is 0.171 e. The smallest absolute Gasteiger partial charge is 0.171 e. The van der Waals surface area contributed by atoms with Crippen LogP contribution >= 0.6 is 11.3 Å². The molecule has 1 fully saturated rings. The molecule has 1 aliphatic rings. The van der Waals surface area contributed by atoms with Crippen molar-refractivity contribution in [2.75, 3.05) is 4.90 Å². The molecule has 1 N–H and O–H groups in total. The van der Waals surface area contributed by atoms with Gasteiger partial charge in [-0.05, 0) is 30.4 Å². The lowest BCUT2D eigenvalue weighted by atomic mass is 10.2. The number of hydrogen-bond acceptors (Lipinski definition) is 4. The van der Waals surface area contributed by atoms with E-state index in [1.807, 2.05) is 22.4 Å². The summed E-state index contributed by atoms with van der Waals surface area (Å²) in [5.41, 5.74) is 0.307. The molecular formula is C14H15FN2OS. The van der Waals surface area contributed by atoms with Gasteiger partial charge in [-0.2, -0.15) is 0 Å². The zero-order valence-electron chi connectivity index (χ0n) is 10.4. The fourth-order valence-corrected chi connectivity index (χ4v) is 2.83. The second kappa shape index (κ2) is 5.27. The number of aliphatic hydroxyl groups is 1. The minimum atomic E-state index is -0.395. The fraction of sp³-hybridized carbons (Fsp3) is 0.357. The Balaban J connectivity index is 1.92. The predicted octanol–water partition coefficient (Wildman–Crippen LogP) is 2.94. The van der Waals surface area contributed by atoms with Gasteiger partial charge in [-0.1, -0.05) is 6.07 Å². The highest BCUT2D eigenvalue weighted by molar-refractivity contribution is 7.09. The average molecular weight is 278 g/mol. The van der Waals surface area contributed by atoms with Crippen LogP contribution in [0, 0.1) is 5.82 Å². The number of hydrogen-bond donors (Lipinski definition) is 1. The van der Waals surface area contributed by atoms with Gasteiger partial charge in [-0.3, -0.25) is 0 Å². The van der Waals surface area contributed by atoms with Crippen molar-refractivity contribution in [1.82, 2.24) is 4.98 Å². The van der Waals surface area contributed by atoms with E-state index in [2.05, 4.69) is 4.98 Å². The summed E-state index contributed by atoms with van der Waals surface area (Å²) in [6, 6.07) is 5.94. The first-order valence-electron chi connectivity index (χ1n) is 6.33. The van der Waals surface area contributed by atoms with Crippen molar-refractivity contribution in [2.45, 2.75) is 32.0 Å². The van der Waals surface area contributed by atoms with Crippen LogP contribution in [0.3, 0.4) is 0 Å². The molecule has 0 bridgehead atoms. The van der Waals surface area contributed by atoms with Crippen molar-refractivity contribution in [3.8, 4) is 0 Å². The molecule has 0 atom stereocenters. The zero-order chi connectivity index (χ0) is 13.2. The SMILES string of the molecule is OCc1ccnc(N(Cc2cccs2)C2CC2)c1F. The first-order valence-corrected chi connectivity index (χ1v) is 7.21. The Morgan fingerprint density at radius 2 is 2.26 bits per heavy atom. The van der Waals surface area contributed by atoms with E-state index in [9.17, 15) is 4.39 Å². The minimum absolute atomic E-state index is 0.293. The average Bonchev–Trinajstić information content (AvgIpc) is 3.14. The number of anilines is 1. The van der Waals surface area contributed by atoms with Gasteiger partial charge in [0.15, 0.2) is 11.6 Å². The van der Waals surface area contributed by atoms with E-state index in [0.29, 0.717) is 24.0 Å². The molecule has 3 rings (SSSR count). The van der Waals surface area contributed by atoms with Gasteiger partial charge in [0.1, 0.15) is 0 Å². The quantitative estimate of drug-likeness (QED) is 0.913. The summed E-state index contributed by atoms with van der Waals surface area (Å²) >= 11 is 1.67. The largest absolute Gasteiger partial charge is 0.392 e. The van der Waals surface area contributed by atoms with E-state index in [1.54, 1.807) is 17.5 Å². The maximum absolute atomic E-state index is 14.3. The molecule has 0 radical (unpaired) electrons. The summed E-state index contributed by atoms with van der Waals surface area (Å²) < 4.78 is 14.3. The van der Waals surface area contributed by atoms with Crippen molar-refractivity contribution < 1.29 is 9.50 Å². The summed E-state index contributed by atoms with van der Waals surface area (Å²) in [4.78, 5) is 7.38. The summed E-state index contributed by atoms with van der Waals surface area (Å²) in [6.07, 6.45) is 3.72. The normalized spacial score (nSPS) is 14.6. The van der Waals surface area contributed by atoms with E-state index < -0.39 is 5.82 Å². The van der Waals surface area contributed by atoms with Gasteiger partial charge in [0.05, 0.1) is 13.2 Å². The molecular weight excluding hydrogens is 263 g/mol. The molecule has 3 nitrogen and oxygen atoms in total. The molecule has 1 saturated carbocycles. The van der Waals surface area contributed by atoms with Crippen molar-refractivity contribution in [3.05, 3.63) is 46.0 Å². The Bertz CT molecular complexity index is 555. The van der Waals surface area contributed by atoms with Crippen LogP contribution in [0.1, 0.15) is 23.3 Å². The van der Waals surface area contributed by atoms with Crippen molar-refractivity contribution >= 4 is 17.2 Å².